The van der Waals surface area contributed by atoms with Gasteiger partial charge in [-0.2, -0.15) is 0 Å². The van der Waals surface area contributed by atoms with Crippen molar-refractivity contribution in [1.29, 1.82) is 0 Å². The number of allylic oxidation sites excluding steroid dienone is 4. The normalized spacial score (nSPS) is 13.5. The van der Waals surface area contributed by atoms with Gasteiger partial charge in [-0.15, -0.1) is 0 Å². The molecule has 3 N–H and O–H groups in total. The van der Waals surface area contributed by atoms with Gasteiger partial charge in [-0.25, -0.2) is 0 Å². The molecule has 0 bridgehead atoms. The average molecular weight is 344 g/mol. The van der Waals surface area contributed by atoms with Gasteiger partial charge >= 0.3 is 0 Å². The first-order valence-electron chi connectivity index (χ1n) is 8.41. The Balaban J connectivity index is 2.57. The number of aliphatic hydroxyl groups excluding tert-OH is 1. The van der Waals surface area contributed by atoms with Crippen LogP contribution in [0.5, 0.6) is 11.5 Å². The molecule has 0 aliphatic heterocycles. The number of hydrogen-bond donors (Lipinski definition) is 3. The molecule has 1 atom stereocenters. The summed E-state index contributed by atoms with van der Waals surface area (Å²) in [5, 5.41) is 29.0. The van der Waals surface area contributed by atoms with E-state index in [4.69, 9.17) is 0 Å². The van der Waals surface area contributed by atoms with Crippen molar-refractivity contribution in [3.05, 3.63) is 58.7 Å². The highest BCUT2D eigenvalue weighted by atomic mass is 16.3. The number of aromatic hydroxyl groups is 2. The fourth-order valence-electron chi connectivity index (χ4n) is 2.36. The van der Waals surface area contributed by atoms with Gasteiger partial charge in [0.1, 0.15) is 17.6 Å². The maximum absolute atomic E-state index is 12.0. The molecule has 0 amide bonds. The Morgan fingerprint density at radius 2 is 1.80 bits per heavy atom. The molecular weight excluding hydrogens is 316 g/mol. The van der Waals surface area contributed by atoms with E-state index in [1.165, 1.54) is 12.1 Å². The molecule has 0 heterocycles. The van der Waals surface area contributed by atoms with Gasteiger partial charge in [0.05, 0.1) is 0 Å². The third-order valence-electron chi connectivity index (χ3n) is 3.87. The maximum atomic E-state index is 12.0. The number of aliphatic hydroxyl groups is 1. The van der Waals surface area contributed by atoms with Gasteiger partial charge in [0.15, 0.2) is 5.78 Å². The lowest BCUT2D eigenvalue weighted by atomic mass is 10.0. The van der Waals surface area contributed by atoms with Crippen LogP contribution in [0.3, 0.4) is 0 Å². The topological polar surface area (TPSA) is 77.8 Å². The van der Waals surface area contributed by atoms with Gasteiger partial charge in [-0.1, -0.05) is 23.3 Å². The van der Waals surface area contributed by atoms with Gasteiger partial charge < -0.3 is 15.3 Å². The zero-order valence-corrected chi connectivity index (χ0v) is 15.4. The summed E-state index contributed by atoms with van der Waals surface area (Å²) in [4.78, 5) is 12.0. The van der Waals surface area contributed by atoms with Crippen molar-refractivity contribution in [1.82, 2.24) is 0 Å². The van der Waals surface area contributed by atoms with Crippen molar-refractivity contribution >= 4 is 5.78 Å². The van der Waals surface area contributed by atoms with Crippen LogP contribution in [0.4, 0.5) is 0 Å². The fourth-order valence-corrected chi connectivity index (χ4v) is 2.36. The monoisotopic (exact) mass is 344 g/mol. The Morgan fingerprint density at radius 3 is 2.44 bits per heavy atom. The molecule has 4 heteroatoms. The smallest absolute Gasteiger partial charge is 0.190 e. The third kappa shape index (κ3) is 7.40. The number of hydrogen-bond acceptors (Lipinski definition) is 4. The van der Waals surface area contributed by atoms with Crippen LogP contribution in [0.2, 0.25) is 0 Å². The molecule has 0 saturated carbocycles. The van der Waals surface area contributed by atoms with E-state index in [0.29, 0.717) is 24.0 Å². The van der Waals surface area contributed by atoms with Crippen molar-refractivity contribution < 1.29 is 20.1 Å². The first-order valence-corrected chi connectivity index (χ1v) is 8.41. The van der Waals surface area contributed by atoms with Gasteiger partial charge in [0.25, 0.3) is 0 Å². The Bertz CT molecular complexity index is 692. The van der Waals surface area contributed by atoms with E-state index in [1.807, 2.05) is 32.9 Å². The molecule has 0 saturated heterocycles. The fraction of sp³-hybridized carbons (Fsp3) is 0.381. The van der Waals surface area contributed by atoms with Crippen LogP contribution < -0.4 is 0 Å². The molecule has 1 aromatic rings. The first-order chi connectivity index (χ1) is 11.7. The van der Waals surface area contributed by atoms with Gasteiger partial charge in [0, 0.05) is 5.56 Å². The minimum absolute atomic E-state index is 0.130. The van der Waals surface area contributed by atoms with Gasteiger partial charge in [-0.05, 0) is 76.8 Å². The Morgan fingerprint density at radius 1 is 1.12 bits per heavy atom. The molecule has 0 aliphatic rings. The molecule has 0 aromatic heterocycles. The van der Waals surface area contributed by atoms with Gasteiger partial charge in [0.2, 0.25) is 0 Å². The van der Waals surface area contributed by atoms with Crippen LogP contribution in [-0.4, -0.2) is 27.2 Å². The summed E-state index contributed by atoms with van der Waals surface area (Å²) in [6.07, 6.45) is 6.33. The van der Waals surface area contributed by atoms with Crippen LogP contribution in [0.1, 0.15) is 46.1 Å². The van der Waals surface area contributed by atoms with Crippen molar-refractivity contribution in [2.75, 3.05) is 0 Å². The van der Waals surface area contributed by atoms with Crippen LogP contribution in [0.15, 0.2) is 53.1 Å². The van der Waals surface area contributed by atoms with E-state index in [9.17, 15) is 20.1 Å². The van der Waals surface area contributed by atoms with E-state index in [2.05, 4.69) is 0 Å². The van der Waals surface area contributed by atoms with Crippen LogP contribution in [-0.2, 0) is 11.2 Å². The summed E-state index contributed by atoms with van der Waals surface area (Å²) in [6, 6.07) is 4.47. The lowest BCUT2D eigenvalue weighted by Gasteiger charge is -2.07. The third-order valence-corrected chi connectivity index (χ3v) is 3.87. The second-order valence-electron chi connectivity index (χ2n) is 6.55. The predicted octanol–water partition coefficient (Wildman–Crippen LogP) is 4.21. The van der Waals surface area contributed by atoms with Crippen molar-refractivity contribution in [3.63, 3.8) is 0 Å². The molecule has 0 radical (unpaired) electrons. The van der Waals surface area contributed by atoms with E-state index in [1.54, 1.807) is 19.1 Å². The minimum Gasteiger partial charge on any atom is -0.508 e. The molecular formula is C21H28O4. The summed E-state index contributed by atoms with van der Waals surface area (Å²) in [6.45, 7) is 7.39. The van der Waals surface area contributed by atoms with Crippen molar-refractivity contribution in [2.45, 2.75) is 53.1 Å². The molecule has 0 aliphatic carbocycles. The average Bonchev–Trinajstić information content (AvgIpc) is 2.54. The quantitative estimate of drug-likeness (QED) is 0.375. The Kier molecular flexibility index (Phi) is 8.16. The largest absolute Gasteiger partial charge is 0.508 e. The minimum atomic E-state index is -1.08. The number of rotatable bonds is 8. The summed E-state index contributed by atoms with van der Waals surface area (Å²) in [5.41, 5.74) is 3.27. The molecule has 136 valence electrons. The summed E-state index contributed by atoms with van der Waals surface area (Å²) in [5.74, 6) is 0.0230. The van der Waals surface area contributed by atoms with E-state index in [-0.39, 0.29) is 17.3 Å². The summed E-state index contributed by atoms with van der Waals surface area (Å²) >= 11 is 0. The SMILES string of the molecule is CC(C)=CC(O)C(=O)C(C)=CCCC(C)=CCc1cc(O)ccc1O. The van der Waals surface area contributed by atoms with Crippen LogP contribution in [0.25, 0.3) is 0 Å². The van der Waals surface area contributed by atoms with E-state index >= 15 is 0 Å². The first kappa shape index (κ1) is 20.7. The number of Topliss-reactive ketones (excluding diaryl/α,β-unsaturated/α-hetero) is 1. The molecule has 25 heavy (non-hydrogen) atoms. The van der Waals surface area contributed by atoms with Crippen LogP contribution >= 0.6 is 0 Å². The number of phenolic OH excluding ortho intramolecular Hbond substituents is 2. The Hall–Kier alpha value is -2.33. The van der Waals surface area contributed by atoms with Gasteiger partial charge in [-0.3, -0.25) is 4.79 Å². The number of carbonyl (C=O) groups is 1. The van der Waals surface area contributed by atoms with E-state index < -0.39 is 6.10 Å². The molecule has 0 spiro atoms. The molecule has 4 nitrogen and oxygen atoms in total. The highest BCUT2D eigenvalue weighted by molar-refractivity contribution is 5.99. The standard InChI is InChI=1S/C21H28O4/c1-14(2)12-20(24)21(25)16(4)7-5-6-15(3)8-9-17-13-18(22)10-11-19(17)23/h7-8,10-13,20,22-24H,5-6,9H2,1-4H3. The van der Waals surface area contributed by atoms with Crippen molar-refractivity contribution in [2.24, 2.45) is 0 Å². The zero-order chi connectivity index (χ0) is 19.0. The second kappa shape index (κ2) is 9.84. The Labute approximate surface area is 149 Å². The van der Waals surface area contributed by atoms with Crippen LogP contribution in [0, 0.1) is 0 Å². The molecule has 1 rings (SSSR count). The highest BCUT2D eigenvalue weighted by Gasteiger charge is 2.13. The molecule has 1 aromatic carbocycles. The lowest BCUT2D eigenvalue weighted by molar-refractivity contribution is -0.121. The zero-order valence-electron chi connectivity index (χ0n) is 15.4. The number of phenols is 2. The molecule has 1 unspecified atom stereocenters. The lowest BCUT2D eigenvalue weighted by Crippen LogP contribution is -2.18. The second-order valence-corrected chi connectivity index (χ2v) is 6.55. The number of carbonyl (C=O) groups excluding carboxylic acids is 1. The molecule has 0 fully saturated rings. The van der Waals surface area contributed by atoms with E-state index in [0.717, 1.165) is 17.6 Å². The predicted molar refractivity (Wildman–Crippen MR) is 101 cm³/mol. The summed E-state index contributed by atoms with van der Waals surface area (Å²) < 4.78 is 0. The van der Waals surface area contributed by atoms with Crippen molar-refractivity contribution in [3.8, 4) is 11.5 Å². The number of benzene rings is 1. The number of ketones is 1. The maximum Gasteiger partial charge on any atom is 0.190 e. The highest BCUT2D eigenvalue weighted by Crippen LogP contribution is 2.23. The summed E-state index contributed by atoms with van der Waals surface area (Å²) in [7, 11) is 0.